The average molecular weight is 255 g/mol. The predicted molar refractivity (Wildman–Crippen MR) is 63.0 cm³/mol. The van der Waals surface area contributed by atoms with E-state index in [-0.39, 0.29) is 10.6 Å². The lowest BCUT2D eigenvalue weighted by Crippen LogP contribution is -2.12. The fourth-order valence-electron chi connectivity index (χ4n) is 1.28. The van der Waals surface area contributed by atoms with Crippen molar-refractivity contribution >= 4 is 21.7 Å². The number of carbonyl (C=O) groups is 1. The standard InChI is InChI=1S/C12H15BrO/c1-8-4-5-11(6-9(8)2)7-12(13)10(3)14/h4-6,12H,7H2,1-3H3. The first kappa shape index (κ1) is 11.4. The molecule has 0 aliphatic carbocycles. The number of hydrogen-bond donors (Lipinski definition) is 0. The Hall–Kier alpha value is -0.630. The maximum atomic E-state index is 11.1. The number of Topliss-reactive ketones (excluding diaryl/α,β-unsaturated/α-hetero) is 1. The van der Waals surface area contributed by atoms with E-state index >= 15 is 0 Å². The molecule has 14 heavy (non-hydrogen) atoms. The third-order valence-electron chi connectivity index (χ3n) is 2.43. The SMILES string of the molecule is CC(=O)C(Br)Cc1ccc(C)c(C)c1. The van der Waals surface area contributed by atoms with Crippen molar-refractivity contribution in [2.24, 2.45) is 0 Å². The lowest BCUT2D eigenvalue weighted by atomic mass is 10.0. The van der Waals surface area contributed by atoms with Crippen LogP contribution in [-0.2, 0) is 11.2 Å². The Morgan fingerprint density at radius 1 is 1.36 bits per heavy atom. The van der Waals surface area contributed by atoms with Crippen LogP contribution in [0.4, 0.5) is 0 Å². The molecule has 1 aromatic rings. The van der Waals surface area contributed by atoms with E-state index in [9.17, 15) is 4.79 Å². The van der Waals surface area contributed by atoms with Gasteiger partial charge in [0.25, 0.3) is 0 Å². The summed E-state index contributed by atoms with van der Waals surface area (Å²) in [4.78, 5) is 11.0. The quantitative estimate of drug-likeness (QED) is 0.758. The molecule has 0 N–H and O–H groups in total. The summed E-state index contributed by atoms with van der Waals surface area (Å²) in [6.07, 6.45) is 0.774. The van der Waals surface area contributed by atoms with Crippen LogP contribution in [0.25, 0.3) is 0 Å². The Morgan fingerprint density at radius 2 is 2.00 bits per heavy atom. The number of carbonyl (C=O) groups excluding carboxylic acids is 1. The molecule has 1 atom stereocenters. The first-order valence-electron chi connectivity index (χ1n) is 4.71. The zero-order valence-electron chi connectivity index (χ0n) is 8.80. The third kappa shape index (κ3) is 2.95. The molecule has 0 aliphatic rings. The topological polar surface area (TPSA) is 17.1 Å². The van der Waals surface area contributed by atoms with Gasteiger partial charge in [0.1, 0.15) is 5.78 Å². The summed E-state index contributed by atoms with van der Waals surface area (Å²) in [5.74, 6) is 0.184. The molecule has 1 aromatic carbocycles. The lowest BCUT2D eigenvalue weighted by molar-refractivity contribution is -0.116. The summed E-state index contributed by atoms with van der Waals surface area (Å²) in [7, 11) is 0. The van der Waals surface area contributed by atoms with E-state index in [1.165, 1.54) is 16.7 Å². The lowest BCUT2D eigenvalue weighted by Gasteiger charge is -2.08. The number of alkyl halides is 1. The summed E-state index contributed by atoms with van der Waals surface area (Å²) in [5.41, 5.74) is 3.79. The van der Waals surface area contributed by atoms with Gasteiger partial charge in [-0.25, -0.2) is 0 Å². The molecule has 0 bridgehead atoms. The Balaban J connectivity index is 2.78. The molecule has 0 radical (unpaired) electrons. The molecule has 0 fully saturated rings. The summed E-state index contributed by atoms with van der Waals surface area (Å²) >= 11 is 3.37. The molecule has 1 unspecified atom stereocenters. The first-order valence-corrected chi connectivity index (χ1v) is 5.63. The molecule has 0 aliphatic heterocycles. The van der Waals surface area contributed by atoms with Crippen LogP contribution < -0.4 is 0 Å². The molecular weight excluding hydrogens is 240 g/mol. The maximum Gasteiger partial charge on any atom is 0.143 e. The number of halogens is 1. The van der Waals surface area contributed by atoms with Gasteiger partial charge >= 0.3 is 0 Å². The minimum Gasteiger partial charge on any atom is -0.299 e. The average Bonchev–Trinajstić information content (AvgIpc) is 2.11. The van der Waals surface area contributed by atoms with E-state index in [4.69, 9.17) is 0 Å². The Labute approximate surface area is 93.7 Å². The Morgan fingerprint density at radius 3 is 2.50 bits per heavy atom. The van der Waals surface area contributed by atoms with E-state index in [1.54, 1.807) is 6.92 Å². The molecule has 0 aromatic heterocycles. The monoisotopic (exact) mass is 254 g/mol. The number of hydrogen-bond acceptors (Lipinski definition) is 1. The fourth-order valence-corrected chi connectivity index (χ4v) is 1.65. The van der Waals surface area contributed by atoms with Crippen molar-refractivity contribution in [2.45, 2.75) is 32.0 Å². The van der Waals surface area contributed by atoms with Gasteiger partial charge in [-0.2, -0.15) is 0 Å². The van der Waals surface area contributed by atoms with Crippen LogP contribution in [0.3, 0.4) is 0 Å². The van der Waals surface area contributed by atoms with Gasteiger partial charge < -0.3 is 0 Å². The molecule has 2 heteroatoms. The van der Waals surface area contributed by atoms with Crippen LogP contribution in [0.5, 0.6) is 0 Å². The van der Waals surface area contributed by atoms with Gasteiger partial charge in [0.15, 0.2) is 0 Å². The van der Waals surface area contributed by atoms with Crippen LogP contribution in [0.2, 0.25) is 0 Å². The molecule has 0 spiro atoms. The van der Waals surface area contributed by atoms with Crippen molar-refractivity contribution in [2.75, 3.05) is 0 Å². The highest BCUT2D eigenvalue weighted by Crippen LogP contribution is 2.14. The molecule has 0 amide bonds. The molecular formula is C12H15BrO. The highest BCUT2D eigenvalue weighted by Gasteiger charge is 2.10. The maximum absolute atomic E-state index is 11.1. The van der Waals surface area contributed by atoms with E-state index in [0.717, 1.165) is 6.42 Å². The van der Waals surface area contributed by atoms with E-state index in [2.05, 4.69) is 48.0 Å². The van der Waals surface area contributed by atoms with Crippen molar-refractivity contribution in [1.29, 1.82) is 0 Å². The number of benzene rings is 1. The summed E-state index contributed by atoms with van der Waals surface area (Å²) in [6.45, 7) is 5.80. The second-order valence-corrected chi connectivity index (χ2v) is 4.81. The number of ketones is 1. The van der Waals surface area contributed by atoms with Crippen molar-refractivity contribution < 1.29 is 4.79 Å². The van der Waals surface area contributed by atoms with Crippen LogP contribution in [0.1, 0.15) is 23.6 Å². The normalized spacial score (nSPS) is 12.6. The van der Waals surface area contributed by atoms with E-state index in [0.29, 0.717) is 0 Å². The highest BCUT2D eigenvalue weighted by molar-refractivity contribution is 9.10. The van der Waals surface area contributed by atoms with Crippen LogP contribution in [0.15, 0.2) is 18.2 Å². The van der Waals surface area contributed by atoms with Crippen LogP contribution in [-0.4, -0.2) is 10.6 Å². The van der Waals surface area contributed by atoms with Gasteiger partial charge in [-0.05, 0) is 43.9 Å². The third-order valence-corrected chi connectivity index (χ3v) is 3.40. The van der Waals surface area contributed by atoms with Crippen molar-refractivity contribution in [3.05, 3.63) is 34.9 Å². The molecule has 0 saturated heterocycles. The molecule has 1 nitrogen and oxygen atoms in total. The van der Waals surface area contributed by atoms with E-state index in [1.807, 2.05) is 0 Å². The van der Waals surface area contributed by atoms with Gasteiger partial charge in [-0.1, -0.05) is 34.1 Å². The number of aryl methyl sites for hydroxylation is 2. The Kier molecular flexibility index (Phi) is 3.87. The van der Waals surface area contributed by atoms with Gasteiger partial charge in [0.2, 0.25) is 0 Å². The fraction of sp³-hybridized carbons (Fsp3) is 0.417. The minimum absolute atomic E-state index is 0.0513. The highest BCUT2D eigenvalue weighted by atomic mass is 79.9. The first-order chi connectivity index (χ1) is 6.50. The van der Waals surface area contributed by atoms with Crippen LogP contribution >= 0.6 is 15.9 Å². The zero-order chi connectivity index (χ0) is 10.7. The summed E-state index contributed by atoms with van der Waals surface area (Å²) in [6, 6.07) is 6.33. The molecule has 0 saturated carbocycles. The van der Waals surface area contributed by atoms with Gasteiger partial charge in [-0.15, -0.1) is 0 Å². The number of rotatable bonds is 3. The van der Waals surface area contributed by atoms with Crippen molar-refractivity contribution in [1.82, 2.24) is 0 Å². The van der Waals surface area contributed by atoms with Gasteiger partial charge in [-0.3, -0.25) is 4.79 Å². The van der Waals surface area contributed by atoms with Crippen molar-refractivity contribution in [3.63, 3.8) is 0 Å². The van der Waals surface area contributed by atoms with Crippen molar-refractivity contribution in [3.8, 4) is 0 Å². The zero-order valence-corrected chi connectivity index (χ0v) is 10.4. The second kappa shape index (κ2) is 4.74. The van der Waals surface area contributed by atoms with Gasteiger partial charge in [0, 0.05) is 0 Å². The molecule has 1 rings (SSSR count). The predicted octanol–water partition coefficient (Wildman–Crippen LogP) is 3.20. The second-order valence-electron chi connectivity index (χ2n) is 3.70. The smallest absolute Gasteiger partial charge is 0.143 e. The van der Waals surface area contributed by atoms with Crippen LogP contribution in [0, 0.1) is 13.8 Å². The largest absolute Gasteiger partial charge is 0.299 e. The minimum atomic E-state index is -0.0513. The summed E-state index contributed by atoms with van der Waals surface area (Å²) in [5, 5.41) is 0. The van der Waals surface area contributed by atoms with Gasteiger partial charge in [0.05, 0.1) is 4.83 Å². The van der Waals surface area contributed by atoms with E-state index < -0.39 is 0 Å². The Bertz CT molecular complexity index is 344. The molecule has 0 heterocycles. The molecule has 76 valence electrons. The summed E-state index contributed by atoms with van der Waals surface area (Å²) < 4.78 is 0.